The van der Waals surface area contributed by atoms with Crippen LogP contribution in [0.3, 0.4) is 0 Å². The van der Waals surface area contributed by atoms with Gasteiger partial charge in [0.25, 0.3) is 0 Å². The predicted octanol–water partition coefficient (Wildman–Crippen LogP) is 2.55. The fourth-order valence-corrected chi connectivity index (χ4v) is 4.29. The highest BCUT2D eigenvalue weighted by molar-refractivity contribution is 5.87. The molecule has 3 aromatic rings. The molecule has 1 aliphatic carbocycles. The molecule has 5 rings (SSSR count). The van der Waals surface area contributed by atoms with Crippen LogP contribution in [0.1, 0.15) is 24.4 Å². The SMILES string of the molecule is O=CC(c1ccccc1)N1CCN(c2ncnc3[nH]ccc23)CC12CC2. The van der Waals surface area contributed by atoms with E-state index >= 15 is 0 Å². The summed E-state index contributed by atoms with van der Waals surface area (Å²) in [5, 5.41) is 1.06. The molecule has 2 fully saturated rings. The number of nitrogens with one attached hydrogen (secondary N) is 1. The van der Waals surface area contributed by atoms with Gasteiger partial charge < -0.3 is 14.7 Å². The number of piperazine rings is 1. The lowest BCUT2D eigenvalue weighted by Crippen LogP contribution is -2.56. The van der Waals surface area contributed by atoms with Crippen molar-refractivity contribution in [2.75, 3.05) is 24.5 Å². The Hall–Kier alpha value is -2.73. The lowest BCUT2D eigenvalue weighted by molar-refractivity contribution is -0.114. The number of benzene rings is 1. The molecule has 1 atom stereocenters. The summed E-state index contributed by atoms with van der Waals surface area (Å²) in [5.74, 6) is 0.990. The Kier molecular flexibility index (Phi) is 3.53. The van der Waals surface area contributed by atoms with Gasteiger partial charge in [-0.3, -0.25) is 4.90 Å². The van der Waals surface area contributed by atoms with E-state index in [1.54, 1.807) is 6.33 Å². The first-order chi connectivity index (χ1) is 12.8. The minimum absolute atomic E-state index is 0.0766. The van der Waals surface area contributed by atoms with Gasteiger partial charge >= 0.3 is 0 Å². The highest BCUT2D eigenvalue weighted by Gasteiger charge is 2.53. The number of hydrogen-bond donors (Lipinski definition) is 1. The third-order valence-electron chi connectivity index (χ3n) is 5.77. The van der Waals surface area contributed by atoms with Gasteiger partial charge in [0.1, 0.15) is 24.1 Å². The van der Waals surface area contributed by atoms with Gasteiger partial charge in [-0.1, -0.05) is 30.3 Å². The molecule has 1 unspecified atom stereocenters. The number of anilines is 1. The van der Waals surface area contributed by atoms with Crippen LogP contribution in [-0.2, 0) is 4.79 Å². The Morgan fingerprint density at radius 2 is 1.96 bits per heavy atom. The molecule has 1 N–H and O–H groups in total. The number of hydrogen-bond acceptors (Lipinski definition) is 5. The maximum Gasteiger partial charge on any atom is 0.142 e. The van der Waals surface area contributed by atoms with Gasteiger partial charge in [0.2, 0.25) is 0 Å². The number of carbonyl (C=O) groups excluding carboxylic acids is 1. The number of nitrogens with zero attached hydrogens (tertiary/aromatic N) is 4. The Morgan fingerprint density at radius 3 is 2.73 bits per heavy atom. The molecular formula is C20H21N5O. The minimum atomic E-state index is -0.168. The monoisotopic (exact) mass is 347 g/mol. The van der Waals surface area contributed by atoms with E-state index in [-0.39, 0.29) is 11.6 Å². The number of aromatic nitrogens is 3. The van der Waals surface area contributed by atoms with Crippen molar-refractivity contribution < 1.29 is 4.79 Å². The second-order valence-corrected chi connectivity index (χ2v) is 7.27. The van der Waals surface area contributed by atoms with Crippen LogP contribution in [0.5, 0.6) is 0 Å². The van der Waals surface area contributed by atoms with E-state index in [2.05, 4.69) is 36.9 Å². The van der Waals surface area contributed by atoms with E-state index in [4.69, 9.17) is 0 Å². The van der Waals surface area contributed by atoms with Crippen molar-refractivity contribution in [2.45, 2.75) is 24.4 Å². The highest BCUT2D eigenvalue weighted by atomic mass is 16.1. The smallest absolute Gasteiger partial charge is 0.142 e. The highest BCUT2D eigenvalue weighted by Crippen LogP contribution is 2.48. The molecule has 1 aliphatic heterocycles. The molecule has 132 valence electrons. The largest absolute Gasteiger partial charge is 0.353 e. The molecule has 1 aromatic carbocycles. The van der Waals surface area contributed by atoms with E-state index in [1.807, 2.05) is 30.5 Å². The number of carbonyl (C=O) groups is 1. The van der Waals surface area contributed by atoms with Crippen LogP contribution in [0.2, 0.25) is 0 Å². The second-order valence-electron chi connectivity index (χ2n) is 7.27. The third kappa shape index (κ3) is 2.41. The molecule has 0 amide bonds. The summed E-state index contributed by atoms with van der Waals surface area (Å²) in [7, 11) is 0. The fourth-order valence-electron chi connectivity index (χ4n) is 4.29. The van der Waals surface area contributed by atoms with Gasteiger partial charge in [0, 0.05) is 31.4 Å². The topological polar surface area (TPSA) is 65.1 Å². The van der Waals surface area contributed by atoms with Gasteiger partial charge in [-0.25, -0.2) is 9.97 Å². The molecule has 1 spiro atoms. The van der Waals surface area contributed by atoms with Gasteiger partial charge in [-0.05, 0) is 24.5 Å². The van der Waals surface area contributed by atoms with Gasteiger partial charge in [-0.15, -0.1) is 0 Å². The van der Waals surface area contributed by atoms with E-state index < -0.39 is 0 Å². The number of H-pyrrole nitrogens is 1. The zero-order valence-corrected chi connectivity index (χ0v) is 14.5. The van der Waals surface area contributed by atoms with Crippen LogP contribution >= 0.6 is 0 Å². The van der Waals surface area contributed by atoms with Crippen molar-refractivity contribution in [3.63, 3.8) is 0 Å². The third-order valence-corrected chi connectivity index (χ3v) is 5.77. The zero-order chi connectivity index (χ0) is 17.6. The Balaban J connectivity index is 1.44. The van der Waals surface area contributed by atoms with Crippen molar-refractivity contribution >= 4 is 23.1 Å². The first-order valence-electron chi connectivity index (χ1n) is 9.11. The molecule has 6 heteroatoms. The van der Waals surface area contributed by atoms with Gasteiger partial charge in [0.15, 0.2) is 0 Å². The lowest BCUT2D eigenvalue weighted by Gasteiger charge is -2.45. The molecule has 0 bridgehead atoms. The average molecular weight is 347 g/mol. The van der Waals surface area contributed by atoms with Crippen LogP contribution in [0, 0.1) is 0 Å². The van der Waals surface area contributed by atoms with E-state index in [0.717, 1.165) is 61.2 Å². The Morgan fingerprint density at radius 1 is 1.12 bits per heavy atom. The van der Waals surface area contributed by atoms with E-state index in [1.165, 1.54) is 0 Å². The van der Waals surface area contributed by atoms with Gasteiger partial charge in [0.05, 0.1) is 11.4 Å². The van der Waals surface area contributed by atoms with Crippen molar-refractivity contribution in [2.24, 2.45) is 0 Å². The fraction of sp³-hybridized carbons (Fsp3) is 0.350. The molecule has 6 nitrogen and oxygen atoms in total. The molecular weight excluding hydrogens is 326 g/mol. The molecule has 1 saturated heterocycles. The molecule has 2 aromatic heterocycles. The summed E-state index contributed by atoms with van der Waals surface area (Å²) in [6.45, 7) is 2.62. The van der Waals surface area contributed by atoms with Crippen LogP contribution in [0.25, 0.3) is 11.0 Å². The molecule has 1 saturated carbocycles. The first-order valence-corrected chi connectivity index (χ1v) is 9.11. The van der Waals surface area contributed by atoms with Crippen LogP contribution in [0.15, 0.2) is 48.9 Å². The van der Waals surface area contributed by atoms with Crippen molar-refractivity contribution in [3.05, 3.63) is 54.5 Å². The number of aldehydes is 1. The Labute approximate surface area is 151 Å². The molecule has 0 radical (unpaired) electrons. The van der Waals surface area contributed by atoms with Crippen molar-refractivity contribution in [1.29, 1.82) is 0 Å². The molecule has 2 aliphatic rings. The van der Waals surface area contributed by atoms with E-state index in [0.29, 0.717) is 0 Å². The quantitative estimate of drug-likeness (QED) is 0.735. The van der Waals surface area contributed by atoms with Crippen LogP contribution < -0.4 is 4.90 Å². The first kappa shape index (κ1) is 15.5. The lowest BCUT2D eigenvalue weighted by atomic mass is 10.0. The Bertz CT molecular complexity index is 934. The second kappa shape index (κ2) is 5.92. The summed E-state index contributed by atoms with van der Waals surface area (Å²) in [5.41, 5.74) is 2.03. The van der Waals surface area contributed by atoms with Crippen molar-refractivity contribution in [1.82, 2.24) is 19.9 Å². The molecule has 26 heavy (non-hydrogen) atoms. The summed E-state index contributed by atoms with van der Waals surface area (Å²) in [6, 6.07) is 12.0. The normalized spacial score (nSPS) is 20.4. The molecule has 3 heterocycles. The summed E-state index contributed by atoms with van der Waals surface area (Å²) < 4.78 is 0. The van der Waals surface area contributed by atoms with Crippen LogP contribution in [-0.4, -0.2) is 51.3 Å². The number of fused-ring (bicyclic) bond motifs is 1. The average Bonchev–Trinajstić information content (AvgIpc) is 3.27. The maximum absolute atomic E-state index is 11.9. The summed E-state index contributed by atoms with van der Waals surface area (Å²) >= 11 is 0. The van der Waals surface area contributed by atoms with E-state index in [9.17, 15) is 4.79 Å². The minimum Gasteiger partial charge on any atom is -0.353 e. The summed E-state index contributed by atoms with van der Waals surface area (Å²) in [4.78, 5) is 28.7. The maximum atomic E-state index is 11.9. The standard InChI is InChI=1S/C20H21N5O/c26-12-17(15-4-2-1-3-5-15)25-11-10-24(13-20(25)7-8-20)19-16-6-9-21-18(16)22-14-23-19/h1-6,9,12,14,17H,7-8,10-11,13H2,(H,21,22,23). The number of aromatic amines is 1. The zero-order valence-electron chi connectivity index (χ0n) is 14.5. The predicted molar refractivity (Wildman–Crippen MR) is 100 cm³/mol. The van der Waals surface area contributed by atoms with Crippen molar-refractivity contribution in [3.8, 4) is 0 Å². The summed E-state index contributed by atoms with van der Waals surface area (Å²) in [6.07, 6.45) is 6.88. The van der Waals surface area contributed by atoms with Gasteiger partial charge in [-0.2, -0.15) is 0 Å². The van der Waals surface area contributed by atoms with Crippen LogP contribution in [0.4, 0.5) is 5.82 Å². The number of rotatable bonds is 4.